The Morgan fingerprint density at radius 3 is 2.76 bits per heavy atom. The molecule has 1 heterocycles. The molecule has 1 atom stereocenters. The van der Waals surface area contributed by atoms with Gasteiger partial charge in [-0.15, -0.1) is 0 Å². The highest BCUT2D eigenvalue weighted by Gasteiger charge is 2.02. The Morgan fingerprint density at radius 2 is 2.06 bits per heavy atom. The molecule has 0 aliphatic carbocycles. The maximum absolute atomic E-state index is 5.74. The average molecular weight is 236 g/mol. The zero-order valence-electron chi connectivity index (χ0n) is 11.2. The van der Waals surface area contributed by atoms with Crippen molar-refractivity contribution in [2.24, 2.45) is 0 Å². The predicted octanol–water partition coefficient (Wildman–Crippen LogP) is 2.90. The van der Waals surface area contributed by atoms with Gasteiger partial charge in [-0.1, -0.05) is 26.3 Å². The van der Waals surface area contributed by atoms with Crippen LogP contribution in [0.4, 0.5) is 0 Å². The van der Waals surface area contributed by atoms with Crippen LogP contribution in [0, 0.1) is 0 Å². The molecule has 3 heteroatoms. The van der Waals surface area contributed by atoms with Gasteiger partial charge in [0.15, 0.2) is 0 Å². The molecule has 17 heavy (non-hydrogen) atoms. The van der Waals surface area contributed by atoms with Crippen molar-refractivity contribution in [2.75, 3.05) is 6.54 Å². The van der Waals surface area contributed by atoms with Gasteiger partial charge in [-0.25, -0.2) is 0 Å². The van der Waals surface area contributed by atoms with Gasteiger partial charge in [-0.05, 0) is 32.0 Å². The molecule has 1 aromatic rings. The smallest absolute Gasteiger partial charge is 0.0891 e. The molecule has 0 amide bonds. The van der Waals surface area contributed by atoms with Crippen LogP contribution in [-0.2, 0) is 17.9 Å². The van der Waals surface area contributed by atoms with Crippen molar-refractivity contribution in [1.82, 2.24) is 10.3 Å². The van der Waals surface area contributed by atoms with E-state index in [4.69, 9.17) is 4.74 Å². The third-order valence-electron chi connectivity index (χ3n) is 2.63. The van der Waals surface area contributed by atoms with Gasteiger partial charge in [0.05, 0.1) is 24.1 Å². The van der Waals surface area contributed by atoms with E-state index in [1.54, 1.807) is 0 Å². The van der Waals surface area contributed by atoms with Crippen molar-refractivity contribution in [2.45, 2.75) is 52.9 Å². The number of nitrogens with zero attached hydrogens (tertiary/aromatic N) is 1. The predicted molar refractivity (Wildman–Crippen MR) is 70.8 cm³/mol. The van der Waals surface area contributed by atoms with Gasteiger partial charge in [0.2, 0.25) is 0 Å². The summed E-state index contributed by atoms with van der Waals surface area (Å²) in [4.78, 5) is 4.55. The summed E-state index contributed by atoms with van der Waals surface area (Å²) in [5, 5.41) is 3.27. The number of ether oxygens (including phenoxy) is 1. The first kappa shape index (κ1) is 14.1. The molecule has 0 radical (unpaired) electrons. The quantitative estimate of drug-likeness (QED) is 0.753. The molecule has 1 unspecified atom stereocenters. The minimum atomic E-state index is 0.319. The second kappa shape index (κ2) is 8.20. The first-order valence-corrected chi connectivity index (χ1v) is 6.53. The van der Waals surface area contributed by atoms with Crippen molar-refractivity contribution < 1.29 is 4.74 Å². The van der Waals surface area contributed by atoms with E-state index >= 15 is 0 Å². The van der Waals surface area contributed by atoms with Gasteiger partial charge >= 0.3 is 0 Å². The summed E-state index contributed by atoms with van der Waals surface area (Å²) in [6.07, 6.45) is 2.59. The van der Waals surface area contributed by atoms with Crippen molar-refractivity contribution in [1.29, 1.82) is 0 Å². The molecule has 0 aromatic carbocycles. The SMILES string of the molecule is CCCC(C)OCc1cccc(CNCC)n1. The standard InChI is InChI=1S/C14H24N2O/c1-4-7-12(3)17-11-14-9-6-8-13(16-14)10-15-5-2/h6,8-9,12,15H,4-5,7,10-11H2,1-3H3. The summed E-state index contributed by atoms with van der Waals surface area (Å²) in [5.41, 5.74) is 2.10. The monoisotopic (exact) mass is 236 g/mol. The maximum Gasteiger partial charge on any atom is 0.0891 e. The Hall–Kier alpha value is -0.930. The van der Waals surface area contributed by atoms with Crippen LogP contribution in [0.5, 0.6) is 0 Å². The van der Waals surface area contributed by atoms with E-state index in [2.05, 4.69) is 31.1 Å². The van der Waals surface area contributed by atoms with Crippen LogP contribution in [0.2, 0.25) is 0 Å². The summed E-state index contributed by atoms with van der Waals surface area (Å²) in [6.45, 7) is 8.80. The Morgan fingerprint density at radius 1 is 1.29 bits per heavy atom. The van der Waals surface area contributed by atoms with E-state index in [-0.39, 0.29) is 0 Å². The summed E-state index contributed by atoms with van der Waals surface area (Å²) < 4.78 is 5.74. The van der Waals surface area contributed by atoms with Gasteiger partial charge in [-0.2, -0.15) is 0 Å². The van der Waals surface area contributed by atoms with Crippen LogP contribution in [0.15, 0.2) is 18.2 Å². The zero-order chi connectivity index (χ0) is 12.5. The van der Waals surface area contributed by atoms with Gasteiger partial charge < -0.3 is 10.1 Å². The van der Waals surface area contributed by atoms with E-state index in [1.165, 1.54) is 0 Å². The van der Waals surface area contributed by atoms with E-state index in [1.807, 2.05) is 18.2 Å². The maximum atomic E-state index is 5.74. The lowest BCUT2D eigenvalue weighted by Crippen LogP contribution is -2.14. The summed E-state index contributed by atoms with van der Waals surface area (Å²) >= 11 is 0. The molecule has 0 saturated heterocycles. The van der Waals surface area contributed by atoms with Gasteiger partial charge in [-0.3, -0.25) is 4.98 Å². The Balaban J connectivity index is 2.42. The fraction of sp³-hybridized carbons (Fsp3) is 0.643. The van der Waals surface area contributed by atoms with Crippen molar-refractivity contribution >= 4 is 0 Å². The molecule has 0 aliphatic heterocycles. The average Bonchev–Trinajstić information content (AvgIpc) is 2.35. The molecule has 0 saturated carbocycles. The lowest BCUT2D eigenvalue weighted by molar-refractivity contribution is 0.0452. The third-order valence-corrected chi connectivity index (χ3v) is 2.63. The summed E-state index contributed by atoms with van der Waals surface area (Å²) in [6, 6.07) is 6.11. The molecular formula is C14H24N2O. The fourth-order valence-corrected chi connectivity index (χ4v) is 1.68. The number of nitrogens with one attached hydrogen (secondary N) is 1. The van der Waals surface area contributed by atoms with Crippen LogP contribution in [0.3, 0.4) is 0 Å². The topological polar surface area (TPSA) is 34.1 Å². The largest absolute Gasteiger partial charge is 0.372 e. The van der Waals surface area contributed by atoms with Crippen LogP contribution in [-0.4, -0.2) is 17.6 Å². The third kappa shape index (κ3) is 5.80. The highest BCUT2D eigenvalue weighted by Crippen LogP contribution is 2.06. The number of hydrogen-bond acceptors (Lipinski definition) is 3. The molecule has 0 fully saturated rings. The molecule has 0 aliphatic rings. The minimum Gasteiger partial charge on any atom is -0.372 e. The normalized spacial score (nSPS) is 12.6. The Bertz CT molecular complexity index is 315. The van der Waals surface area contributed by atoms with Crippen molar-refractivity contribution in [3.63, 3.8) is 0 Å². The van der Waals surface area contributed by atoms with Crippen molar-refractivity contribution in [3.8, 4) is 0 Å². The minimum absolute atomic E-state index is 0.319. The molecule has 1 N–H and O–H groups in total. The lowest BCUT2D eigenvalue weighted by atomic mass is 10.2. The highest BCUT2D eigenvalue weighted by molar-refractivity contribution is 5.10. The fourth-order valence-electron chi connectivity index (χ4n) is 1.68. The second-order valence-electron chi connectivity index (χ2n) is 4.31. The van der Waals surface area contributed by atoms with Gasteiger partial charge in [0.1, 0.15) is 0 Å². The highest BCUT2D eigenvalue weighted by atomic mass is 16.5. The van der Waals surface area contributed by atoms with E-state index in [0.717, 1.165) is 37.3 Å². The summed E-state index contributed by atoms with van der Waals surface area (Å²) in [7, 11) is 0. The van der Waals surface area contributed by atoms with Crippen LogP contribution in [0.25, 0.3) is 0 Å². The molecule has 0 bridgehead atoms. The number of aromatic nitrogens is 1. The molecule has 0 spiro atoms. The molecule has 96 valence electrons. The molecular weight excluding hydrogens is 212 g/mol. The van der Waals surface area contributed by atoms with Gasteiger partial charge in [0, 0.05) is 6.54 Å². The van der Waals surface area contributed by atoms with E-state index in [9.17, 15) is 0 Å². The molecule has 3 nitrogen and oxygen atoms in total. The zero-order valence-corrected chi connectivity index (χ0v) is 11.2. The van der Waals surface area contributed by atoms with Crippen LogP contribution >= 0.6 is 0 Å². The van der Waals surface area contributed by atoms with E-state index < -0.39 is 0 Å². The van der Waals surface area contributed by atoms with E-state index in [0.29, 0.717) is 12.7 Å². The van der Waals surface area contributed by atoms with Crippen molar-refractivity contribution in [3.05, 3.63) is 29.6 Å². The number of rotatable bonds is 8. The molecule has 1 rings (SSSR count). The van der Waals surface area contributed by atoms with Crippen LogP contribution < -0.4 is 5.32 Å². The second-order valence-corrected chi connectivity index (χ2v) is 4.31. The number of pyridine rings is 1. The van der Waals surface area contributed by atoms with Gasteiger partial charge in [0.25, 0.3) is 0 Å². The Labute approximate surface area is 105 Å². The number of hydrogen-bond donors (Lipinski definition) is 1. The van der Waals surface area contributed by atoms with Crippen LogP contribution in [0.1, 0.15) is 45.0 Å². The lowest BCUT2D eigenvalue weighted by Gasteiger charge is -2.12. The first-order chi connectivity index (χ1) is 8.26. The Kier molecular flexibility index (Phi) is 6.82. The summed E-state index contributed by atoms with van der Waals surface area (Å²) in [5.74, 6) is 0. The first-order valence-electron chi connectivity index (χ1n) is 6.53. The molecule has 1 aromatic heterocycles.